The number of carbonyl (C=O) groups is 4. The highest BCUT2D eigenvalue weighted by Gasteiger charge is 2.29. The zero-order valence-electron chi connectivity index (χ0n) is 39.0. The molecule has 0 spiro atoms. The number of nitrogens with one attached hydrogen (secondary N) is 6. The number of rotatable bonds is 21. The van der Waals surface area contributed by atoms with Crippen LogP contribution in [0.15, 0.2) is 45.6 Å². The molecule has 7 N–H and O–H groups in total. The summed E-state index contributed by atoms with van der Waals surface area (Å²) in [7, 11) is 3.25. The number of carbonyl (C=O) groups excluding carboxylic acids is 3. The molecule has 4 aromatic heterocycles. The third-order valence-corrected chi connectivity index (χ3v) is 12.5. The smallest absolute Gasteiger partial charge is 0.409 e. The molecule has 3 aliphatic rings. The summed E-state index contributed by atoms with van der Waals surface area (Å²) in [5, 5.41) is 13.4. The molecular formula is C45H60Cl2F2N12O9. The molecule has 3 atom stereocenters. The van der Waals surface area contributed by atoms with Crippen LogP contribution in [0, 0.1) is 35.3 Å². The number of hydrogen-bond acceptors (Lipinski definition) is 16. The lowest BCUT2D eigenvalue weighted by Crippen LogP contribution is -2.43. The van der Waals surface area contributed by atoms with E-state index >= 15 is 8.78 Å². The molecule has 0 radical (unpaired) electrons. The maximum atomic E-state index is 15.2. The van der Waals surface area contributed by atoms with Gasteiger partial charge in [0.15, 0.2) is 23.3 Å². The average Bonchev–Trinajstić information content (AvgIpc) is 4.21. The van der Waals surface area contributed by atoms with Crippen molar-refractivity contribution in [2.45, 2.75) is 103 Å². The molecule has 2 aliphatic carbocycles. The number of hydrogen-bond donors (Lipinski definition) is 7. The van der Waals surface area contributed by atoms with Crippen LogP contribution < -0.4 is 42.1 Å². The highest BCUT2D eigenvalue weighted by molar-refractivity contribution is 6.28. The van der Waals surface area contributed by atoms with Crippen molar-refractivity contribution >= 4 is 70.5 Å². The number of furan rings is 2. The van der Waals surface area contributed by atoms with E-state index in [0.29, 0.717) is 49.2 Å². The minimum Gasteiger partial charge on any atom is -0.467 e. The lowest BCUT2D eigenvalue weighted by atomic mass is 9.92. The summed E-state index contributed by atoms with van der Waals surface area (Å²) >= 11 is 12.0. The molecule has 382 valence electrons. The molecule has 21 nitrogen and oxygen atoms in total. The van der Waals surface area contributed by atoms with Gasteiger partial charge in [-0.1, -0.05) is 51.4 Å². The van der Waals surface area contributed by atoms with Crippen molar-refractivity contribution in [1.82, 2.24) is 41.4 Å². The fourth-order valence-corrected chi connectivity index (χ4v) is 8.93. The zero-order chi connectivity index (χ0) is 50.0. The number of halogens is 4. The molecule has 4 amide bonds. The van der Waals surface area contributed by atoms with Crippen LogP contribution >= 0.6 is 23.2 Å². The van der Waals surface area contributed by atoms with Gasteiger partial charge in [0, 0.05) is 33.6 Å². The van der Waals surface area contributed by atoms with E-state index in [1.165, 1.54) is 22.3 Å². The molecule has 0 bridgehead atoms. The molecule has 2 saturated carbocycles. The number of anilines is 4. The van der Waals surface area contributed by atoms with E-state index in [9.17, 15) is 19.2 Å². The minimum atomic E-state index is -1.21. The summed E-state index contributed by atoms with van der Waals surface area (Å²) in [5.74, 6) is -2.41. The maximum absolute atomic E-state index is 15.2. The Hall–Kier alpha value is -6.20. The van der Waals surface area contributed by atoms with E-state index < -0.39 is 53.8 Å². The first-order valence-electron chi connectivity index (χ1n) is 23.3. The highest BCUT2D eigenvalue weighted by atomic mass is 35.5. The summed E-state index contributed by atoms with van der Waals surface area (Å²) < 4.78 is 51.6. The van der Waals surface area contributed by atoms with Crippen LogP contribution in [0.1, 0.15) is 95.0 Å². The third-order valence-electron chi connectivity index (χ3n) is 12.2. The number of aromatic nitrogens is 4. The second kappa shape index (κ2) is 26.7. The van der Waals surface area contributed by atoms with Crippen molar-refractivity contribution in [3.63, 3.8) is 0 Å². The van der Waals surface area contributed by atoms with E-state index in [1.807, 2.05) is 0 Å². The molecule has 4 aromatic rings. The van der Waals surface area contributed by atoms with Crippen molar-refractivity contribution in [2.24, 2.45) is 23.7 Å². The van der Waals surface area contributed by atoms with E-state index in [4.69, 9.17) is 46.6 Å². The fraction of sp³-hybridized carbons (Fsp3) is 0.556. The van der Waals surface area contributed by atoms with Gasteiger partial charge in [-0.15, -0.1) is 0 Å². The topological polar surface area (TPSA) is 263 Å². The third kappa shape index (κ3) is 16.5. The van der Waals surface area contributed by atoms with Crippen molar-refractivity contribution < 1.29 is 51.4 Å². The van der Waals surface area contributed by atoms with E-state index in [0.717, 1.165) is 64.2 Å². The van der Waals surface area contributed by atoms with Gasteiger partial charge in [-0.2, -0.15) is 28.7 Å². The van der Waals surface area contributed by atoms with Crippen molar-refractivity contribution in [2.75, 3.05) is 54.4 Å². The summed E-state index contributed by atoms with van der Waals surface area (Å²) in [6.07, 6.45) is 12.8. The second-order valence-corrected chi connectivity index (χ2v) is 18.2. The van der Waals surface area contributed by atoms with Gasteiger partial charge >= 0.3 is 12.2 Å². The van der Waals surface area contributed by atoms with Crippen LogP contribution in [0.25, 0.3) is 0 Å². The van der Waals surface area contributed by atoms with Crippen LogP contribution in [0.4, 0.5) is 41.6 Å². The van der Waals surface area contributed by atoms with Gasteiger partial charge in [0.25, 0.3) is 0 Å². The van der Waals surface area contributed by atoms with Crippen LogP contribution in [0.3, 0.4) is 0 Å². The quantitative estimate of drug-likeness (QED) is 0.0310. The number of nitrogens with zero attached hydrogens (tertiary/aromatic N) is 6. The molecule has 3 fully saturated rings. The Balaban J connectivity index is 0.000000233. The van der Waals surface area contributed by atoms with Gasteiger partial charge in [0.2, 0.25) is 40.3 Å². The van der Waals surface area contributed by atoms with E-state index in [2.05, 4.69) is 52.3 Å². The molecular weight excluding hydrogens is 961 g/mol. The molecule has 5 heterocycles. The number of alkyl carbamates (subject to hydrolysis) is 1. The lowest BCUT2D eigenvalue weighted by molar-refractivity contribution is -0.128. The van der Waals surface area contributed by atoms with Crippen molar-refractivity contribution in [1.29, 1.82) is 0 Å². The molecule has 1 aliphatic heterocycles. The largest absolute Gasteiger partial charge is 0.467 e. The van der Waals surface area contributed by atoms with Gasteiger partial charge in [0.05, 0.1) is 44.1 Å². The molecule has 7 rings (SSSR count). The Morgan fingerprint density at radius 2 is 1.17 bits per heavy atom. The number of carboxylic acid groups (broad SMARTS) is 1. The van der Waals surface area contributed by atoms with Crippen LogP contribution in [0.5, 0.6) is 0 Å². The standard InChI is InChI=1S/C25H34ClFN6O5.C20H26ClFN6O4/c1-33(15-18-9-6-12-36-18)22-20(27)21(29-24(26)30-22)31-32-23(34)17(13-16-7-2-3-8-16)14-28-25(35)38-19-10-4-5-11-37-19;1-28(11-14-7-4-8-32-14)17-15(22)16(24-19(21)25-17)26-27-18(29)13(10-23-20(30)31)9-12-5-2-3-6-12/h6,9,12,16-17,19H,2-5,7-8,10-11,13-15H2,1H3,(H,28,35)(H,32,34)(H,29,30,31);4,7-8,12-13,23H,2-3,5-6,9-11H2,1H3,(H,27,29)(H,30,31)(H,24,25,26)/t17-,19?;13-/m11/s1. The summed E-state index contributed by atoms with van der Waals surface area (Å²) in [5.41, 5.74) is 9.96. The van der Waals surface area contributed by atoms with Gasteiger partial charge in [0.1, 0.15) is 11.5 Å². The molecule has 70 heavy (non-hydrogen) atoms. The molecule has 0 aromatic carbocycles. The number of ether oxygens (including phenoxy) is 2. The monoisotopic (exact) mass is 1020 g/mol. The first-order chi connectivity index (χ1) is 33.7. The predicted octanol–water partition coefficient (Wildman–Crippen LogP) is 7.80. The SMILES string of the molecule is CN(Cc1ccco1)c1nc(Cl)nc(NNC(=O)[C@@H](CNC(=O)O)CC2CCCC2)c1F.CN(Cc1ccco1)c1nc(Cl)nc(NNC(=O)[C@@H](CNC(=O)OC2CCCCO2)CC2CCCC2)c1F. The van der Waals surface area contributed by atoms with Gasteiger partial charge < -0.3 is 43.8 Å². The average molecular weight is 1020 g/mol. The first-order valence-corrected chi connectivity index (χ1v) is 24.1. The van der Waals surface area contributed by atoms with Crippen LogP contribution in [0.2, 0.25) is 10.6 Å². The second-order valence-electron chi connectivity index (χ2n) is 17.5. The Kier molecular flexibility index (Phi) is 20.3. The predicted molar refractivity (Wildman–Crippen MR) is 253 cm³/mol. The Labute approximate surface area is 413 Å². The zero-order valence-corrected chi connectivity index (χ0v) is 40.5. The normalized spacial score (nSPS) is 16.8. The van der Waals surface area contributed by atoms with E-state index in [1.54, 1.807) is 38.4 Å². The van der Waals surface area contributed by atoms with Gasteiger partial charge in [-0.05, 0) is 85.0 Å². The molecule has 1 unspecified atom stereocenters. The van der Waals surface area contributed by atoms with Crippen molar-refractivity contribution in [3.05, 3.63) is 70.5 Å². The molecule has 1 saturated heterocycles. The number of hydrazine groups is 2. The van der Waals surface area contributed by atoms with Gasteiger partial charge in [-0.25, -0.2) is 9.59 Å². The van der Waals surface area contributed by atoms with Gasteiger partial charge in [-0.3, -0.25) is 31.3 Å². The first kappa shape index (κ1) is 53.2. The highest BCUT2D eigenvalue weighted by Crippen LogP contribution is 2.32. The number of amides is 4. The Bertz CT molecular complexity index is 2300. The fourth-order valence-electron chi connectivity index (χ4n) is 8.60. The van der Waals surface area contributed by atoms with Crippen molar-refractivity contribution in [3.8, 4) is 0 Å². The Morgan fingerprint density at radius 3 is 1.59 bits per heavy atom. The maximum Gasteiger partial charge on any atom is 0.409 e. The van der Waals surface area contributed by atoms with Crippen LogP contribution in [-0.4, -0.2) is 89.1 Å². The lowest BCUT2D eigenvalue weighted by Gasteiger charge is -2.24. The Morgan fingerprint density at radius 1 is 0.714 bits per heavy atom. The molecule has 25 heteroatoms. The summed E-state index contributed by atoms with van der Waals surface area (Å²) in [6, 6.07) is 6.95. The summed E-state index contributed by atoms with van der Waals surface area (Å²) in [4.78, 5) is 67.6. The minimum absolute atomic E-state index is 0.0382. The van der Waals surface area contributed by atoms with E-state index in [-0.39, 0.29) is 60.0 Å². The van der Waals surface area contributed by atoms with Crippen LogP contribution in [-0.2, 0) is 32.2 Å². The summed E-state index contributed by atoms with van der Waals surface area (Å²) in [6.45, 7) is 1.08.